The van der Waals surface area contributed by atoms with E-state index in [2.05, 4.69) is 0 Å². The van der Waals surface area contributed by atoms with E-state index in [0.717, 1.165) is 5.57 Å². The Morgan fingerprint density at radius 3 is 2.92 bits per heavy atom. The average Bonchev–Trinajstić information content (AvgIpc) is 2.04. The summed E-state index contributed by atoms with van der Waals surface area (Å²) >= 11 is 0. The summed E-state index contributed by atoms with van der Waals surface area (Å²) in [5.41, 5.74) is 0.926. The summed E-state index contributed by atoms with van der Waals surface area (Å²) in [6.07, 6.45) is 8.70. The highest BCUT2D eigenvalue weighted by Crippen LogP contribution is 2.25. The molecule has 2 aliphatic rings. The second-order valence-electron chi connectivity index (χ2n) is 2.98. The highest BCUT2D eigenvalue weighted by atomic mass is 16.1. The minimum Gasteiger partial charge on any atom is -0.295 e. The van der Waals surface area contributed by atoms with Crippen LogP contribution in [0, 0.1) is 5.92 Å². The van der Waals surface area contributed by atoms with Crippen LogP contribution in [0.4, 0.5) is 0 Å². The average molecular weight is 160 g/mol. The fraction of sp³-hybridized carbons (Fsp3) is 0.200. The Morgan fingerprint density at radius 2 is 2.08 bits per heavy atom. The van der Waals surface area contributed by atoms with E-state index in [1.54, 1.807) is 18.2 Å². The monoisotopic (exact) mass is 160 g/mol. The molecule has 0 aromatic carbocycles. The van der Waals surface area contributed by atoms with Crippen molar-refractivity contribution in [3.05, 3.63) is 36.0 Å². The third-order valence-electron chi connectivity index (χ3n) is 2.13. The third kappa shape index (κ3) is 1.05. The number of hydrogen-bond donors (Lipinski definition) is 0. The summed E-state index contributed by atoms with van der Waals surface area (Å²) in [7, 11) is 0. The van der Waals surface area contributed by atoms with Gasteiger partial charge in [-0.15, -0.1) is 0 Å². The Labute approximate surface area is 70.3 Å². The molecule has 0 radical (unpaired) electrons. The first-order chi connectivity index (χ1) is 5.77. The number of rotatable bonds is 0. The zero-order valence-electron chi connectivity index (χ0n) is 6.49. The van der Waals surface area contributed by atoms with Crippen molar-refractivity contribution in [2.24, 2.45) is 5.92 Å². The van der Waals surface area contributed by atoms with E-state index in [1.165, 1.54) is 6.08 Å². The maximum atomic E-state index is 11.2. The fourth-order valence-corrected chi connectivity index (χ4v) is 1.51. The molecule has 1 atom stereocenters. The summed E-state index contributed by atoms with van der Waals surface area (Å²) < 4.78 is 0. The van der Waals surface area contributed by atoms with Crippen LogP contribution >= 0.6 is 0 Å². The third-order valence-corrected chi connectivity index (χ3v) is 2.13. The molecule has 2 rings (SSSR count). The largest absolute Gasteiger partial charge is 0.295 e. The molecule has 0 heterocycles. The van der Waals surface area contributed by atoms with Crippen molar-refractivity contribution in [2.45, 2.75) is 6.42 Å². The predicted molar refractivity (Wildman–Crippen MR) is 44.5 cm³/mol. The van der Waals surface area contributed by atoms with Gasteiger partial charge in [0.1, 0.15) is 0 Å². The predicted octanol–water partition coefficient (Wildman–Crippen LogP) is 1.20. The van der Waals surface area contributed by atoms with Crippen LogP contribution in [0.1, 0.15) is 6.42 Å². The van der Waals surface area contributed by atoms with Gasteiger partial charge in [-0.1, -0.05) is 18.2 Å². The van der Waals surface area contributed by atoms with E-state index in [0.29, 0.717) is 6.42 Å². The Balaban J connectivity index is 2.40. The van der Waals surface area contributed by atoms with Crippen molar-refractivity contribution < 1.29 is 9.59 Å². The normalized spacial score (nSPS) is 27.0. The Bertz CT molecular complexity index is 332. The summed E-state index contributed by atoms with van der Waals surface area (Å²) in [5.74, 6) is 0.00421. The molecular formula is C10H8O2. The first-order valence-corrected chi connectivity index (χ1v) is 3.89. The number of carbonyl (C=O) groups excluding carboxylic acids is 2. The SMILES string of the molecule is O=C1C=CC2C(=O)C=CC=C2C1. The molecule has 60 valence electrons. The smallest absolute Gasteiger partial charge is 0.166 e. The Morgan fingerprint density at radius 1 is 1.25 bits per heavy atom. The molecule has 2 aliphatic carbocycles. The standard InChI is InChI=1S/C10H8O2/c11-8-4-5-9-7(6-8)2-1-3-10(9)12/h1-5,9H,6H2. The molecule has 0 spiro atoms. The van der Waals surface area contributed by atoms with Gasteiger partial charge in [0.2, 0.25) is 0 Å². The topological polar surface area (TPSA) is 34.1 Å². The second kappa shape index (κ2) is 2.55. The molecule has 0 N–H and O–H groups in total. The lowest BCUT2D eigenvalue weighted by molar-refractivity contribution is -0.117. The van der Waals surface area contributed by atoms with Crippen LogP contribution in [0.3, 0.4) is 0 Å². The number of ketones is 2. The molecule has 0 saturated heterocycles. The van der Waals surface area contributed by atoms with Crippen LogP contribution in [-0.2, 0) is 9.59 Å². The summed E-state index contributed by atoms with van der Waals surface area (Å²) in [6.45, 7) is 0. The van der Waals surface area contributed by atoms with Crippen molar-refractivity contribution in [3.8, 4) is 0 Å². The highest BCUT2D eigenvalue weighted by molar-refractivity contribution is 6.02. The van der Waals surface area contributed by atoms with Gasteiger partial charge in [-0.2, -0.15) is 0 Å². The molecular weight excluding hydrogens is 152 g/mol. The first-order valence-electron chi connectivity index (χ1n) is 3.89. The van der Waals surface area contributed by atoms with Gasteiger partial charge in [-0.05, 0) is 17.7 Å². The molecule has 2 nitrogen and oxygen atoms in total. The number of allylic oxidation sites excluding steroid dienone is 6. The van der Waals surface area contributed by atoms with Crippen LogP contribution in [0.2, 0.25) is 0 Å². The maximum Gasteiger partial charge on any atom is 0.166 e. The Hall–Kier alpha value is -1.44. The van der Waals surface area contributed by atoms with Crippen molar-refractivity contribution in [3.63, 3.8) is 0 Å². The van der Waals surface area contributed by atoms with Crippen molar-refractivity contribution in [1.82, 2.24) is 0 Å². The van der Waals surface area contributed by atoms with Gasteiger partial charge in [0.25, 0.3) is 0 Å². The summed E-state index contributed by atoms with van der Waals surface area (Å²) in [4.78, 5) is 22.2. The van der Waals surface area contributed by atoms with Crippen LogP contribution in [0.15, 0.2) is 36.0 Å². The van der Waals surface area contributed by atoms with E-state index in [4.69, 9.17) is 0 Å². The maximum absolute atomic E-state index is 11.2. The second-order valence-corrected chi connectivity index (χ2v) is 2.98. The minimum atomic E-state index is -0.160. The van der Waals surface area contributed by atoms with E-state index >= 15 is 0 Å². The van der Waals surface area contributed by atoms with Gasteiger partial charge in [-0.3, -0.25) is 9.59 Å². The zero-order valence-corrected chi connectivity index (χ0v) is 6.49. The van der Waals surface area contributed by atoms with Gasteiger partial charge < -0.3 is 0 Å². The lowest BCUT2D eigenvalue weighted by Crippen LogP contribution is -2.20. The minimum absolute atomic E-state index is 0.0799. The number of fused-ring (bicyclic) bond motifs is 1. The van der Waals surface area contributed by atoms with Crippen molar-refractivity contribution >= 4 is 11.6 Å². The van der Waals surface area contributed by atoms with Crippen LogP contribution in [0.25, 0.3) is 0 Å². The molecule has 0 bridgehead atoms. The molecule has 1 unspecified atom stereocenters. The Kier molecular flexibility index (Phi) is 1.54. The van der Waals surface area contributed by atoms with Gasteiger partial charge in [-0.25, -0.2) is 0 Å². The van der Waals surface area contributed by atoms with Crippen LogP contribution in [-0.4, -0.2) is 11.6 Å². The molecule has 2 heteroatoms. The number of hydrogen-bond acceptors (Lipinski definition) is 2. The van der Waals surface area contributed by atoms with Gasteiger partial charge in [0.05, 0.1) is 5.92 Å². The summed E-state index contributed by atoms with van der Waals surface area (Å²) in [6, 6.07) is 0. The van der Waals surface area contributed by atoms with Crippen molar-refractivity contribution in [2.75, 3.05) is 0 Å². The fourth-order valence-electron chi connectivity index (χ4n) is 1.51. The molecule has 0 saturated carbocycles. The molecule has 0 aromatic heterocycles. The molecule has 12 heavy (non-hydrogen) atoms. The quantitative estimate of drug-likeness (QED) is 0.533. The molecule has 0 aliphatic heterocycles. The van der Waals surface area contributed by atoms with Crippen molar-refractivity contribution in [1.29, 1.82) is 0 Å². The van der Waals surface area contributed by atoms with Gasteiger partial charge >= 0.3 is 0 Å². The van der Waals surface area contributed by atoms with E-state index in [9.17, 15) is 9.59 Å². The highest BCUT2D eigenvalue weighted by Gasteiger charge is 2.24. The van der Waals surface area contributed by atoms with E-state index in [1.807, 2.05) is 6.08 Å². The van der Waals surface area contributed by atoms with E-state index in [-0.39, 0.29) is 17.5 Å². The first kappa shape index (κ1) is 7.22. The van der Waals surface area contributed by atoms with Gasteiger partial charge in [0, 0.05) is 6.42 Å². The van der Waals surface area contributed by atoms with Gasteiger partial charge in [0.15, 0.2) is 11.6 Å². The molecule has 0 aromatic rings. The van der Waals surface area contributed by atoms with E-state index < -0.39 is 0 Å². The molecule has 0 fully saturated rings. The molecule has 0 amide bonds. The zero-order chi connectivity index (χ0) is 8.55. The van der Waals surface area contributed by atoms with Crippen LogP contribution in [0.5, 0.6) is 0 Å². The lowest BCUT2D eigenvalue weighted by Gasteiger charge is -2.19. The number of carbonyl (C=O) groups is 2. The summed E-state index contributed by atoms with van der Waals surface area (Å²) in [5, 5.41) is 0. The lowest BCUT2D eigenvalue weighted by atomic mass is 9.83. The van der Waals surface area contributed by atoms with Crippen LogP contribution < -0.4 is 0 Å².